The van der Waals surface area contributed by atoms with Gasteiger partial charge in [0.25, 0.3) is 0 Å². The highest BCUT2D eigenvalue weighted by Crippen LogP contribution is 2.62. The zero-order valence-corrected chi connectivity index (χ0v) is 75.7. The highest BCUT2D eigenvalue weighted by molar-refractivity contribution is 6.09. The van der Waals surface area contributed by atoms with Gasteiger partial charge in [-0.15, -0.1) is 0 Å². The zero-order chi connectivity index (χ0) is 91.5. The van der Waals surface area contributed by atoms with E-state index >= 15 is 0 Å². The van der Waals surface area contributed by atoms with E-state index in [0.29, 0.717) is 0 Å². The fourth-order valence-corrected chi connectivity index (χ4v) is 22.1. The standard InChI is InChI=1S/2C67H45NO.2CH4/c1-4-19-46(20-5-1)47-37-39-48(40-38-47)49-21-16-27-54(43-49)68(55-28-17-22-50(44-55)51-41-42-65-60(45-51)57-30-12-15-36-64(57)69-65)63-35-14-11-29-56(63)58-32-18-34-62-66(58)59-31-10-13-33-61(59)67(62,52-23-6-2-7-24-52)53-25-8-3-9-26-53;1-4-18-46(19-5-1)47-34-36-48(37-35-47)49-38-41-54(42-39-49)68(55-25-16-20-50(44-55)51-40-43-65-60(45-51)57-27-12-15-33-64(57)69-65)63-32-14-11-26-56(63)58-29-17-31-62-66(58)59-28-10-13-30-61(59)67(62,52-21-6-2-7-22-52)53-23-8-3-9-24-53;;/h2*1-45H;2*1H4. The lowest BCUT2D eigenvalue weighted by molar-refractivity contribution is 0.668. The SMILES string of the molecule is C.C.c1ccc(-c2ccc(-c3ccc(N(c4cccc(-c5ccc6oc7ccccc7c6c5)c4)c4ccccc4-c4cccc5c4-c4ccccc4C5(c4ccccc4)c4ccccc4)cc3)cc2)cc1.c1ccc(-c2ccc(-c3cccc(N(c4cccc(-c5ccc6oc7ccccc7c6c5)c4)c4ccccc4-c4cccc5c4-c4ccccc4C5(c4ccccc4)c4ccccc4)c3)cc2)cc1. The predicted molar refractivity (Wildman–Crippen MR) is 588 cm³/mol. The van der Waals surface area contributed by atoms with E-state index < -0.39 is 10.8 Å². The third-order valence-electron chi connectivity index (χ3n) is 28.3. The predicted octanol–water partition coefficient (Wildman–Crippen LogP) is 37.4. The summed E-state index contributed by atoms with van der Waals surface area (Å²) in [6, 6.07) is 199. The van der Waals surface area contributed by atoms with Crippen molar-refractivity contribution in [3.63, 3.8) is 0 Å². The lowest BCUT2D eigenvalue weighted by Crippen LogP contribution is -2.28. The summed E-state index contributed by atoms with van der Waals surface area (Å²) < 4.78 is 12.5. The summed E-state index contributed by atoms with van der Waals surface area (Å²) in [5.74, 6) is 0. The topological polar surface area (TPSA) is 32.8 Å². The highest BCUT2D eigenvalue weighted by Gasteiger charge is 2.49. The summed E-state index contributed by atoms with van der Waals surface area (Å²) in [5.41, 5.74) is 42.9. The van der Waals surface area contributed by atoms with Gasteiger partial charge in [0.15, 0.2) is 0 Å². The molecule has 0 saturated carbocycles. The average Bonchev–Trinajstić information content (AvgIpc) is 1.53. The first-order valence-corrected chi connectivity index (χ1v) is 47.5. The Bertz CT molecular complexity index is 8590. The maximum atomic E-state index is 6.26. The number of rotatable bonds is 18. The molecule has 2 heterocycles. The number of anilines is 6. The van der Waals surface area contributed by atoms with Crippen LogP contribution >= 0.6 is 0 Å². The van der Waals surface area contributed by atoms with Gasteiger partial charge in [-0.1, -0.05) is 464 Å². The largest absolute Gasteiger partial charge is 0.456 e. The molecule has 24 aromatic rings. The van der Waals surface area contributed by atoms with Crippen LogP contribution in [-0.2, 0) is 10.8 Å². The first-order valence-electron chi connectivity index (χ1n) is 47.5. The zero-order valence-electron chi connectivity index (χ0n) is 75.7. The Labute approximate surface area is 818 Å². The highest BCUT2D eigenvalue weighted by atomic mass is 16.3. The van der Waals surface area contributed by atoms with Gasteiger partial charge in [0.2, 0.25) is 0 Å². The van der Waals surface area contributed by atoms with Gasteiger partial charge in [-0.2, -0.15) is 0 Å². The van der Waals surface area contributed by atoms with Crippen molar-refractivity contribution in [2.75, 3.05) is 9.80 Å². The molecule has 26 rings (SSSR count). The monoisotopic (exact) mass is 1790 g/mol. The molecule has 0 bridgehead atoms. The van der Waals surface area contributed by atoms with Crippen molar-refractivity contribution in [3.05, 3.63) is 590 Å². The second-order valence-corrected chi connectivity index (χ2v) is 35.9. The third kappa shape index (κ3) is 14.9. The van der Waals surface area contributed by atoms with E-state index in [2.05, 4.69) is 532 Å². The molecule has 0 fully saturated rings. The second kappa shape index (κ2) is 36.7. The Kier molecular flexibility index (Phi) is 22.6. The second-order valence-electron chi connectivity index (χ2n) is 35.9. The number of furan rings is 2. The Morgan fingerprint density at radius 3 is 0.771 bits per heavy atom. The van der Waals surface area contributed by atoms with Crippen LogP contribution < -0.4 is 9.80 Å². The summed E-state index contributed by atoms with van der Waals surface area (Å²) in [5, 5.41) is 4.47. The fraction of sp³-hybridized carbons (Fsp3) is 0.0294. The number of hydrogen-bond acceptors (Lipinski definition) is 4. The molecule has 0 amide bonds. The van der Waals surface area contributed by atoms with E-state index in [1.165, 1.54) is 106 Å². The summed E-state index contributed by atoms with van der Waals surface area (Å²) >= 11 is 0. The van der Waals surface area contributed by atoms with Gasteiger partial charge in [0.05, 0.1) is 22.2 Å². The molecule has 0 N–H and O–H groups in total. The van der Waals surface area contributed by atoms with Crippen LogP contribution in [0.15, 0.2) is 555 Å². The quantitative estimate of drug-likeness (QED) is 0.0857. The van der Waals surface area contributed by atoms with Crippen LogP contribution in [0.2, 0.25) is 0 Å². The van der Waals surface area contributed by atoms with Gasteiger partial charge >= 0.3 is 0 Å². The van der Waals surface area contributed by atoms with Crippen LogP contribution in [0.1, 0.15) is 59.4 Å². The minimum absolute atomic E-state index is 0. The number of para-hydroxylation sites is 4. The minimum Gasteiger partial charge on any atom is -0.456 e. The van der Waals surface area contributed by atoms with Crippen LogP contribution in [0.5, 0.6) is 0 Å². The van der Waals surface area contributed by atoms with Gasteiger partial charge in [0, 0.05) is 55.4 Å². The Morgan fingerprint density at radius 2 is 0.393 bits per heavy atom. The molecule has 2 aromatic heterocycles. The molecule has 2 aliphatic rings. The lowest BCUT2D eigenvalue weighted by Gasteiger charge is -2.34. The molecule has 0 aliphatic heterocycles. The van der Waals surface area contributed by atoms with Crippen molar-refractivity contribution >= 4 is 78.0 Å². The number of benzene rings is 22. The van der Waals surface area contributed by atoms with Crippen LogP contribution in [0.3, 0.4) is 0 Å². The van der Waals surface area contributed by atoms with E-state index in [1.807, 2.05) is 24.3 Å². The van der Waals surface area contributed by atoms with Gasteiger partial charge in [-0.3, -0.25) is 0 Å². The molecule has 4 nitrogen and oxygen atoms in total. The van der Waals surface area contributed by atoms with E-state index in [9.17, 15) is 0 Å². The Hall–Kier alpha value is -18.0. The first kappa shape index (κ1) is 86.2. The normalized spacial score (nSPS) is 12.3. The van der Waals surface area contributed by atoms with Crippen LogP contribution in [0.4, 0.5) is 34.1 Å². The molecule has 0 unspecified atom stereocenters. The molecule has 664 valence electrons. The lowest BCUT2D eigenvalue weighted by atomic mass is 9.67. The molecule has 4 heteroatoms. The number of hydrogen-bond donors (Lipinski definition) is 0. The molecular weight excluding hydrogens is 1690 g/mol. The van der Waals surface area contributed by atoms with Crippen molar-refractivity contribution in [1.82, 2.24) is 0 Å². The summed E-state index contributed by atoms with van der Waals surface area (Å²) in [6.45, 7) is 0. The molecule has 0 atom stereocenters. The molecule has 140 heavy (non-hydrogen) atoms. The first-order chi connectivity index (χ1) is 68.4. The summed E-state index contributed by atoms with van der Waals surface area (Å²) in [6.07, 6.45) is 0. The molecule has 0 spiro atoms. The molecule has 22 aromatic carbocycles. The fourth-order valence-electron chi connectivity index (χ4n) is 22.1. The molecule has 0 saturated heterocycles. The smallest absolute Gasteiger partial charge is 0.135 e. The van der Waals surface area contributed by atoms with E-state index in [-0.39, 0.29) is 14.9 Å². The van der Waals surface area contributed by atoms with Gasteiger partial charge in [-0.25, -0.2) is 0 Å². The molecule has 0 radical (unpaired) electrons. The van der Waals surface area contributed by atoms with Crippen molar-refractivity contribution in [3.8, 4) is 111 Å². The minimum atomic E-state index is -0.515. The summed E-state index contributed by atoms with van der Waals surface area (Å²) in [4.78, 5) is 4.89. The maximum absolute atomic E-state index is 6.26. The third-order valence-corrected chi connectivity index (χ3v) is 28.3. The van der Waals surface area contributed by atoms with E-state index in [0.717, 1.165) is 128 Å². The van der Waals surface area contributed by atoms with Crippen LogP contribution in [0, 0.1) is 0 Å². The van der Waals surface area contributed by atoms with Gasteiger partial charge < -0.3 is 18.6 Å². The van der Waals surface area contributed by atoms with E-state index in [4.69, 9.17) is 8.83 Å². The summed E-state index contributed by atoms with van der Waals surface area (Å²) in [7, 11) is 0. The Balaban J connectivity index is 0.000000154. The van der Waals surface area contributed by atoms with Crippen LogP contribution in [0.25, 0.3) is 155 Å². The van der Waals surface area contributed by atoms with Crippen LogP contribution in [-0.4, -0.2) is 0 Å². The number of fused-ring (bicyclic) bond motifs is 12. The maximum Gasteiger partial charge on any atom is 0.135 e. The Morgan fingerprint density at radius 1 is 0.150 bits per heavy atom. The van der Waals surface area contributed by atoms with Crippen molar-refractivity contribution in [2.45, 2.75) is 25.7 Å². The molecule has 2 aliphatic carbocycles. The van der Waals surface area contributed by atoms with Crippen molar-refractivity contribution in [1.29, 1.82) is 0 Å². The van der Waals surface area contributed by atoms with Crippen molar-refractivity contribution in [2.24, 2.45) is 0 Å². The van der Waals surface area contributed by atoms with Crippen molar-refractivity contribution < 1.29 is 8.83 Å². The number of nitrogens with zero attached hydrogens (tertiary/aromatic N) is 2. The van der Waals surface area contributed by atoms with Gasteiger partial charge in [-0.05, 0) is 242 Å². The molecular formula is C136H98N2O2. The van der Waals surface area contributed by atoms with Gasteiger partial charge in [0.1, 0.15) is 22.3 Å². The average molecular weight is 1790 g/mol. The van der Waals surface area contributed by atoms with E-state index in [1.54, 1.807) is 0 Å².